The molecule has 0 radical (unpaired) electrons. The molecule has 0 bridgehead atoms. The van der Waals surface area contributed by atoms with Crippen LogP contribution in [0, 0.1) is 5.41 Å². The van der Waals surface area contributed by atoms with Gasteiger partial charge in [-0.25, -0.2) is 4.98 Å². The molecule has 1 aromatic heterocycles. The van der Waals surface area contributed by atoms with E-state index in [1.54, 1.807) is 6.07 Å². The second-order valence-corrected chi connectivity index (χ2v) is 7.80. The molecule has 0 saturated heterocycles. The monoisotopic (exact) mass is 441 g/mol. The van der Waals surface area contributed by atoms with E-state index in [0.29, 0.717) is 31.1 Å². The van der Waals surface area contributed by atoms with Crippen LogP contribution in [0.2, 0.25) is 0 Å². The minimum Gasteiger partial charge on any atom is -0.475 e. The van der Waals surface area contributed by atoms with E-state index in [9.17, 15) is 10.2 Å². The van der Waals surface area contributed by atoms with E-state index < -0.39 is 12.2 Å². The second-order valence-electron chi connectivity index (χ2n) is 7.80. The number of rotatable bonds is 11. The summed E-state index contributed by atoms with van der Waals surface area (Å²) in [6.07, 6.45) is 2.37. The number of aliphatic hydroxyl groups excluding tert-OH is 1. The molecule has 0 amide bonds. The van der Waals surface area contributed by atoms with Crippen molar-refractivity contribution in [2.45, 2.75) is 37.5 Å². The van der Waals surface area contributed by atoms with Gasteiger partial charge in [-0.1, -0.05) is 36.9 Å². The summed E-state index contributed by atoms with van der Waals surface area (Å²) >= 11 is 0. The van der Waals surface area contributed by atoms with E-state index in [4.69, 9.17) is 20.6 Å². The van der Waals surface area contributed by atoms with Crippen molar-refractivity contribution in [3.05, 3.63) is 65.6 Å². The highest BCUT2D eigenvalue weighted by atomic mass is 16.5. The zero-order valence-electron chi connectivity index (χ0n) is 18.2. The van der Waals surface area contributed by atoms with Crippen LogP contribution < -0.4 is 16.4 Å². The molecule has 172 valence electrons. The van der Waals surface area contributed by atoms with Crippen LogP contribution in [0.1, 0.15) is 42.1 Å². The zero-order valence-corrected chi connectivity index (χ0v) is 18.2. The second kappa shape index (κ2) is 10.4. The Morgan fingerprint density at radius 1 is 1.31 bits per heavy atom. The molecule has 1 heterocycles. The predicted octanol–water partition coefficient (Wildman–Crippen LogP) is 2.27. The molecule has 0 aliphatic heterocycles. The van der Waals surface area contributed by atoms with Crippen molar-refractivity contribution < 1.29 is 19.7 Å². The molecule has 9 nitrogen and oxygen atoms in total. The standard InChI is InChI=1S/C23H31N5O4/c1-15(27-21(23(30)9-6-10-23)16-7-4-3-5-8-16)26-19-13-17(24)20(18(14-29)28-19)22(25)32-12-11-31-2/h3-5,7-8,13,21,25,27,29-30H,1,6,9-12,14H2,2H3,(H3,24,26,28)/t21-/m0/s1. The molecular weight excluding hydrogens is 410 g/mol. The molecule has 1 aromatic carbocycles. The summed E-state index contributed by atoms with van der Waals surface area (Å²) in [7, 11) is 1.54. The average molecular weight is 442 g/mol. The van der Waals surface area contributed by atoms with Gasteiger partial charge in [0.15, 0.2) is 0 Å². The lowest BCUT2D eigenvalue weighted by molar-refractivity contribution is -0.0637. The van der Waals surface area contributed by atoms with E-state index >= 15 is 0 Å². The minimum atomic E-state index is -0.854. The van der Waals surface area contributed by atoms with E-state index in [1.165, 1.54) is 7.11 Å². The number of nitrogens with two attached hydrogens (primary N) is 1. The summed E-state index contributed by atoms with van der Waals surface area (Å²) in [4.78, 5) is 4.36. The number of aromatic nitrogens is 1. The first kappa shape index (κ1) is 23.5. The Labute approximate surface area is 187 Å². The molecule has 1 aliphatic carbocycles. The Bertz CT molecular complexity index is 947. The van der Waals surface area contributed by atoms with Gasteiger partial charge in [0, 0.05) is 18.9 Å². The van der Waals surface area contributed by atoms with Gasteiger partial charge in [-0.3, -0.25) is 5.41 Å². The normalized spacial score (nSPS) is 15.3. The summed E-state index contributed by atoms with van der Waals surface area (Å²) in [6, 6.07) is 10.9. The summed E-state index contributed by atoms with van der Waals surface area (Å²) in [5.74, 6) is 0.593. The number of anilines is 2. The van der Waals surface area contributed by atoms with Crippen LogP contribution in [0.25, 0.3) is 0 Å². The average Bonchev–Trinajstić information content (AvgIpc) is 2.76. The maximum Gasteiger partial charge on any atom is 0.217 e. The fraction of sp³-hybridized carbons (Fsp3) is 0.391. The molecule has 1 fully saturated rings. The van der Waals surface area contributed by atoms with Crippen molar-refractivity contribution in [3.63, 3.8) is 0 Å². The van der Waals surface area contributed by atoms with Gasteiger partial charge < -0.3 is 36.1 Å². The lowest BCUT2D eigenvalue weighted by Gasteiger charge is -2.44. The zero-order chi connectivity index (χ0) is 23.1. The van der Waals surface area contributed by atoms with Crippen LogP contribution in [0.5, 0.6) is 0 Å². The first-order valence-electron chi connectivity index (χ1n) is 10.5. The maximum atomic E-state index is 11.0. The molecule has 1 atom stereocenters. The van der Waals surface area contributed by atoms with Crippen LogP contribution in [0.4, 0.5) is 11.5 Å². The largest absolute Gasteiger partial charge is 0.475 e. The molecule has 0 spiro atoms. The number of nitrogens with zero attached hydrogens (tertiary/aromatic N) is 1. The molecule has 7 N–H and O–H groups in total. The number of aliphatic hydroxyl groups is 2. The number of nitrogen functional groups attached to an aromatic ring is 1. The van der Waals surface area contributed by atoms with Crippen LogP contribution in [-0.2, 0) is 16.1 Å². The molecule has 32 heavy (non-hydrogen) atoms. The third-order valence-electron chi connectivity index (χ3n) is 5.52. The number of pyridine rings is 1. The third-order valence-corrected chi connectivity index (χ3v) is 5.52. The Morgan fingerprint density at radius 3 is 2.62 bits per heavy atom. The van der Waals surface area contributed by atoms with E-state index in [2.05, 4.69) is 22.2 Å². The fourth-order valence-electron chi connectivity index (χ4n) is 3.73. The van der Waals surface area contributed by atoms with Crippen molar-refractivity contribution in [1.82, 2.24) is 10.3 Å². The topological polar surface area (TPSA) is 146 Å². The van der Waals surface area contributed by atoms with Gasteiger partial charge in [-0.05, 0) is 24.8 Å². The Kier molecular flexibility index (Phi) is 7.68. The van der Waals surface area contributed by atoms with Gasteiger partial charge in [0.05, 0.1) is 41.9 Å². The summed E-state index contributed by atoms with van der Waals surface area (Å²) in [5, 5.41) is 35.2. The number of nitrogens with one attached hydrogen (secondary N) is 3. The Hall–Kier alpha value is -3.14. The lowest BCUT2D eigenvalue weighted by atomic mass is 9.72. The minimum absolute atomic E-state index is 0.184. The number of ether oxygens (including phenoxy) is 2. The third kappa shape index (κ3) is 5.37. The molecule has 1 aliphatic rings. The highest BCUT2D eigenvalue weighted by Crippen LogP contribution is 2.42. The van der Waals surface area contributed by atoms with Crippen LogP contribution in [-0.4, -0.2) is 47.0 Å². The first-order valence-corrected chi connectivity index (χ1v) is 10.5. The van der Waals surface area contributed by atoms with Crippen LogP contribution in [0.15, 0.2) is 48.8 Å². The predicted molar refractivity (Wildman–Crippen MR) is 123 cm³/mol. The van der Waals surface area contributed by atoms with Gasteiger partial charge in [-0.2, -0.15) is 0 Å². The summed E-state index contributed by atoms with van der Waals surface area (Å²) in [5.41, 5.74) is 6.92. The number of hydrogen-bond donors (Lipinski definition) is 6. The van der Waals surface area contributed by atoms with Crippen LogP contribution in [0.3, 0.4) is 0 Å². The van der Waals surface area contributed by atoms with E-state index in [0.717, 1.165) is 12.0 Å². The maximum absolute atomic E-state index is 11.0. The van der Waals surface area contributed by atoms with Gasteiger partial charge in [0.2, 0.25) is 5.90 Å². The van der Waals surface area contributed by atoms with Gasteiger partial charge in [0.25, 0.3) is 0 Å². The van der Waals surface area contributed by atoms with E-state index in [1.807, 2.05) is 30.3 Å². The van der Waals surface area contributed by atoms with Crippen molar-refractivity contribution in [2.24, 2.45) is 0 Å². The number of hydrogen-bond acceptors (Lipinski definition) is 9. The fourth-order valence-corrected chi connectivity index (χ4v) is 3.73. The van der Waals surface area contributed by atoms with Crippen molar-refractivity contribution in [2.75, 3.05) is 31.4 Å². The van der Waals surface area contributed by atoms with Crippen molar-refractivity contribution in [3.8, 4) is 0 Å². The summed E-state index contributed by atoms with van der Waals surface area (Å²) in [6.45, 7) is 4.11. The lowest BCUT2D eigenvalue weighted by Crippen LogP contribution is -2.49. The highest BCUT2D eigenvalue weighted by molar-refractivity contribution is 5.98. The highest BCUT2D eigenvalue weighted by Gasteiger charge is 2.43. The van der Waals surface area contributed by atoms with Crippen LogP contribution >= 0.6 is 0 Å². The van der Waals surface area contributed by atoms with Gasteiger partial charge in [-0.15, -0.1) is 0 Å². The smallest absolute Gasteiger partial charge is 0.217 e. The molecule has 1 saturated carbocycles. The molecule has 2 aromatic rings. The first-order chi connectivity index (χ1) is 15.4. The number of benzene rings is 1. The van der Waals surface area contributed by atoms with Crippen molar-refractivity contribution in [1.29, 1.82) is 5.41 Å². The number of methoxy groups -OCH3 is 1. The Balaban J connectivity index is 1.75. The molecular formula is C23H31N5O4. The summed E-state index contributed by atoms with van der Waals surface area (Å²) < 4.78 is 10.2. The SMILES string of the molecule is C=C(Nc1cc(N)c(C(=N)OCCOC)c(CO)n1)N[C@@H](c1ccccc1)C1(O)CCC1. The Morgan fingerprint density at radius 2 is 2.03 bits per heavy atom. The molecule has 3 rings (SSSR count). The quantitative estimate of drug-likeness (QED) is 0.177. The van der Waals surface area contributed by atoms with Gasteiger partial charge in [0.1, 0.15) is 12.4 Å². The molecule has 0 unspecified atom stereocenters. The van der Waals surface area contributed by atoms with E-state index in [-0.39, 0.29) is 35.5 Å². The van der Waals surface area contributed by atoms with Gasteiger partial charge >= 0.3 is 0 Å². The van der Waals surface area contributed by atoms with Crippen molar-refractivity contribution >= 4 is 17.4 Å². The molecule has 9 heteroatoms.